The van der Waals surface area contributed by atoms with Crippen molar-refractivity contribution in [3.63, 3.8) is 0 Å². The van der Waals surface area contributed by atoms with Crippen molar-refractivity contribution in [1.29, 1.82) is 0 Å². The molecule has 0 atom stereocenters. The standard InChI is InChI=1S/C8H16N2/c1-4-8(2,3)10-7-5-6-9/h1,10H,5-7,9H2,2-3H3. The number of hydrogen-bond acceptors (Lipinski definition) is 2. The lowest BCUT2D eigenvalue weighted by atomic mass is 10.1. The van der Waals surface area contributed by atoms with Crippen molar-refractivity contribution in [2.45, 2.75) is 25.8 Å². The van der Waals surface area contributed by atoms with Crippen LogP contribution in [0.15, 0.2) is 0 Å². The van der Waals surface area contributed by atoms with Gasteiger partial charge < -0.3 is 11.1 Å². The molecule has 0 aromatic rings. The van der Waals surface area contributed by atoms with Gasteiger partial charge in [-0.2, -0.15) is 0 Å². The Morgan fingerprint density at radius 2 is 2.20 bits per heavy atom. The number of rotatable bonds is 4. The van der Waals surface area contributed by atoms with Gasteiger partial charge in [0.05, 0.1) is 5.54 Å². The zero-order valence-corrected chi connectivity index (χ0v) is 6.78. The zero-order chi connectivity index (χ0) is 8.04. The third-order valence-corrected chi connectivity index (χ3v) is 1.31. The summed E-state index contributed by atoms with van der Waals surface area (Å²) in [6, 6.07) is 0. The molecule has 0 aromatic carbocycles. The smallest absolute Gasteiger partial charge is 0.0741 e. The van der Waals surface area contributed by atoms with E-state index in [-0.39, 0.29) is 5.54 Å². The van der Waals surface area contributed by atoms with Crippen molar-refractivity contribution in [1.82, 2.24) is 5.32 Å². The van der Waals surface area contributed by atoms with Crippen LogP contribution < -0.4 is 11.1 Å². The molecule has 58 valence electrons. The highest BCUT2D eigenvalue weighted by molar-refractivity contribution is 5.07. The van der Waals surface area contributed by atoms with Crippen LogP contribution in [0.2, 0.25) is 0 Å². The molecule has 2 heteroatoms. The summed E-state index contributed by atoms with van der Waals surface area (Å²) in [5.74, 6) is 2.65. The van der Waals surface area contributed by atoms with Crippen molar-refractivity contribution in [3.05, 3.63) is 0 Å². The second-order valence-corrected chi connectivity index (χ2v) is 2.84. The predicted octanol–water partition coefficient (Wildman–Crippen LogP) is 0.337. The molecule has 3 N–H and O–H groups in total. The molecular formula is C8H16N2. The Bertz CT molecular complexity index is 122. The normalized spacial score (nSPS) is 11.0. The first kappa shape index (κ1) is 9.48. The molecule has 0 heterocycles. The Hall–Kier alpha value is -0.520. The van der Waals surface area contributed by atoms with Crippen LogP contribution in [-0.2, 0) is 0 Å². The topological polar surface area (TPSA) is 38.0 Å². The fraction of sp³-hybridized carbons (Fsp3) is 0.750. The Morgan fingerprint density at radius 3 is 2.60 bits per heavy atom. The molecule has 0 bridgehead atoms. The van der Waals surface area contributed by atoms with Gasteiger partial charge in [0.25, 0.3) is 0 Å². The van der Waals surface area contributed by atoms with Gasteiger partial charge >= 0.3 is 0 Å². The maximum atomic E-state index is 5.31. The van der Waals surface area contributed by atoms with Gasteiger partial charge in [-0.25, -0.2) is 0 Å². The van der Waals surface area contributed by atoms with Gasteiger partial charge in [0.1, 0.15) is 0 Å². The molecule has 0 unspecified atom stereocenters. The first-order valence-corrected chi connectivity index (χ1v) is 3.55. The molecule has 0 aromatic heterocycles. The van der Waals surface area contributed by atoms with E-state index in [0.29, 0.717) is 6.54 Å². The summed E-state index contributed by atoms with van der Waals surface area (Å²) in [6.07, 6.45) is 6.22. The molecule has 2 nitrogen and oxygen atoms in total. The summed E-state index contributed by atoms with van der Waals surface area (Å²) in [4.78, 5) is 0. The fourth-order valence-electron chi connectivity index (χ4n) is 0.554. The lowest BCUT2D eigenvalue weighted by molar-refractivity contribution is 0.487. The minimum absolute atomic E-state index is 0.185. The summed E-state index contributed by atoms with van der Waals surface area (Å²) < 4.78 is 0. The average Bonchev–Trinajstić information content (AvgIpc) is 1.89. The van der Waals surface area contributed by atoms with Gasteiger partial charge in [-0.1, -0.05) is 5.92 Å². The maximum absolute atomic E-state index is 5.31. The molecule has 0 rings (SSSR count). The quantitative estimate of drug-likeness (QED) is 0.436. The largest absolute Gasteiger partial charge is 0.330 e. The molecular weight excluding hydrogens is 124 g/mol. The van der Waals surface area contributed by atoms with Crippen LogP contribution in [0, 0.1) is 12.3 Å². The second-order valence-electron chi connectivity index (χ2n) is 2.84. The van der Waals surface area contributed by atoms with Gasteiger partial charge in [0.15, 0.2) is 0 Å². The maximum Gasteiger partial charge on any atom is 0.0741 e. The first-order valence-electron chi connectivity index (χ1n) is 3.55. The van der Waals surface area contributed by atoms with Gasteiger partial charge in [0, 0.05) is 0 Å². The van der Waals surface area contributed by atoms with Crippen LogP contribution in [0.5, 0.6) is 0 Å². The third-order valence-electron chi connectivity index (χ3n) is 1.31. The molecule has 0 saturated heterocycles. The molecule has 0 radical (unpaired) electrons. The lowest BCUT2D eigenvalue weighted by Crippen LogP contribution is -2.38. The van der Waals surface area contributed by atoms with E-state index >= 15 is 0 Å². The van der Waals surface area contributed by atoms with E-state index < -0.39 is 0 Å². The van der Waals surface area contributed by atoms with Gasteiger partial charge in [0.2, 0.25) is 0 Å². The molecule has 0 aliphatic carbocycles. The van der Waals surface area contributed by atoms with E-state index in [1.807, 2.05) is 13.8 Å². The number of nitrogens with one attached hydrogen (secondary N) is 1. The Morgan fingerprint density at radius 1 is 1.60 bits per heavy atom. The first-order chi connectivity index (χ1) is 4.62. The van der Waals surface area contributed by atoms with Crippen LogP contribution in [0.4, 0.5) is 0 Å². The average molecular weight is 140 g/mol. The summed E-state index contributed by atoms with van der Waals surface area (Å²) in [7, 11) is 0. The molecule has 0 aliphatic heterocycles. The highest BCUT2D eigenvalue weighted by atomic mass is 14.9. The van der Waals surface area contributed by atoms with Crippen molar-refractivity contribution in [2.75, 3.05) is 13.1 Å². The van der Waals surface area contributed by atoms with E-state index in [2.05, 4.69) is 11.2 Å². The Labute approximate surface area is 63.2 Å². The van der Waals surface area contributed by atoms with E-state index in [1.165, 1.54) is 0 Å². The van der Waals surface area contributed by atoms with Crippen LogP contribution in [-0.4, -0.2) is 18.6 Å². The lowest BCUT2D eigenvalue weighted by Gasteiger charge is -2.18. The summed E-state index contributed by atoms with van der Waals surface area (Å²) in [5, 5.41) is 3.19. The van der Waals surface area contributed by atoms with Gasteiger partial charge in [-0.05, 0) is 33.4 Å². The van der Waals surface area contributed by atoms with Crippen LogP contribution >= 0.6 is 0 Å². The van der Waals surface area contributed by atoms with Crippen molar-refractivity contribution >= 4 is 0 Å². The van der Waals surface area contributed by atoms with Gasteiger partial charge in [-0.3, -0.25) is 0 Å². The minimum Gasteiger partial charge on any atom is -0.330 e. The van der Waals surface area contributed by atoms with Crippen molar-refractivity contribution in [3.8, 4) is 12.3 Å². The molecule has 0 fully saturated rings. The van der Waals surface area contributed by atoms with Gasteiger partial charge in [-0.15, -0.1) is 6.42 Å². The SMILES string of the molecule is C#CC(C)(C)NCCCN. The highest BCUT2D eigenvalue weighted by Gasteiger charge is 2.10. The third kappa shape index (κ3) is 4.37. The zero-order valence-electron chi connectivity index (χ0n) is 6.78. The Kier molecular flexibility index (Phi) is 4.10. The van der Waals surface area contributed by atoms with E-state index in [0.717, 1.165) is 13.0 Å². The van der Waals surface area contributed by atoms with Crippen LogP contribution in [0.3, 0.4) is 0 Å². The number of hydrogen-bond donors (Lipinski definition) is 2. The predicted molar refractivity (Wildman–Crippen MR) is 44.6 cm³/mol. The second kappa shape index (κ2) is 4.32. The van der Waals surface area contributed by atoms with Crippen LogP contribution in [0.1, 0.15) is 20.3 Å². The number of terminal acetylenes is 1. The number of nitrogens with two attached hydrogens (primary N) is 1. The van der Waals surface area contributed by atoms with Crippen molar-refractivity contribution < 1.29 is 0 Å². The van der Waals surface area contributed by atoms with E-state index in [9.17, 15) is 0 Å². The molecule has 0 aliphatic rings. The summed E-state index contributed by atoms with van der Waals surface area (Å²) in [5.41, 5.74) is 5.12. The van der Waals surface area contributed by atoms with Crippen molar-refractivity contribution in [2.24, 2.45) is 5.73 Å². The monoisotopic (exact) mass is 140 g/mol. The fourth-order valence-corrected chi connectivity index (χ4v) is 0.554. The summed E-state index contributed by atoms with van der Waals surface area (Å²) >= 11 is 0. The minimum atomic E-state index is -0.185. The van der Waals surface area contributed by atoms with E-state index in [1.54, 1.807) is 0 Å². The molecule has 10 heavy (non-hydrogen) atoms. The van der Waals surface area contributed by atoms with Crippen LogP contribution in [0.25, 0.3) is 0 Å². The van der Waals surface area contributed by atoms with E-state index in [4.69, 9.17) is 12.2 Å². The summed E-state index contributed by atoms with van der Waals surface area (Å²) in [6.45, 7) is 5.56. The Balaban J connectivity index is 3.40. The highest BCUT2D eigenvalue weighted by Crippen LogP contribution is 1.97. The molecule has 0 saturated carbocycles. The molecule has 0 spiro atoms. The molecule has 0 amide bonds.